The monoisotopic (exact) mass is 458 g/mol. The maximum absolute atomic E-state index is 11.8. The zero-order chi connectivity index (χ0) is 17.6. The van der Waals surface area contributed by atoms with E-state index in [1.807, 2.05) is 45.0 Å². The van der Waals surface area contributed by atoms with Crippen molar-refractivity contribution in [3.63, 3.8) is 0 Å². The number of imidazole rings is 1. The second-order valence-electron chi connectivity index (χ2n) is 6.60. The van der Waals surface area contributed by atoms with Crippen molar-refractivity contribution >= 4 is 46.9 Å². The third-order valence-corrected chi connectivity index (χ3v) is 3.25. The van der Waals surface area contributed by atoms with Crippen LogP contribution in [-0.4, -0.2) is 47.5 Å². The van der Waals surface area contributed by atoms with E-state index in [2.05, 4.69) is 30.9 Å². The van der Waals surface area contributed by atoms with E-state index >= 15 is 0 Å². The summed E-state index contributed by atoms with van der Waals surface area (Å²) in [5.74, 6) is 1.45. The highest BCUT2D eigenvalue weighted by molar-refractivity contribution is 14.0. The van der Waals surface area contributed by atoms with Crippen LogP contribution in [0.4, 0.5) is 0 Å². The van der Waals surface area contributed by atoms with Crippen LogP contribution in [0.15, 0.2) is 29.3 Å². The smallest absolute Gasteiger partial charge is 0.239 e. The number of nitrogens with zero attached hydrogens (tertiary/aromatic N) is 2. The first kappa shape index (κ1) is 21.2. The molecule has 1 aromatic heterocycles. The molecule has 1 amide bonds. The van der Waals surface area contributed by atoms with E-state index in [9.17, 15) is 4.79 Å². The Morgan fingerprint density at radius 1 is 1.24 bits per heavy atom. The zero-order valence-corrected chi connectivity index (χ0v) is 17.5. The lowest BCUT2D eigenvalue weighted by Crippen LogP contribution is -2.48. The molecule has 1 aromatic carbocycles. The molecule has 25 heavy (non-hydrogen) atoms. The molecular formula is C17H27IN6O. The Hall–Kier alpha value is -1.84. The summed E-state index contributed by atoms with van der Waals surface area (Å²) in [6.07, 6.45) is 0.740. The standard InChI is InChI=1S/C17H26N6O.HI/c1-17(2,3)23-15(24)11-20-16(18-4)19-10-9-14-21-12-7-5-6-8-13(12)22-14;/h5-8H,9-11H2,1-4H3,(H,21,22)(H,23,24)(H2,18,19,20);1H. The maximum atomic E-state index is 11.8. The summed E-state index contributed by atoms with van der Waals surface area (Å²) < 4.78 is 0. The average molecular weight is 458 g/mol. The number of aromatic nitrogens is 2. The number of H-pyrrole nitrogens is 1. The van der Waals surface area contributed by atoms with Crippen molar-refractivity contribution in [3.05, 3.63) is 30.1 Å². The fraction of sp³-hybridized carbons (Fsp3) is 0.471. The van der Waals surface area contributed by atoms with Gasteiger partial charge in [0.05, 0.1) is 17.6 Å². The van der Waals surface area contributed by atoms with E-state index in [1.54, 1.807) is 7.05 Å². The molecule has 0 spiro atoms. The molecule has 2 rings (SSSR count). The number of amides is 1. The fourth-order valence-electron chi connectivity index (χ4n) is 2.27. The van der Waals surface area contributed by atoms with Crippen LogP contribution in [0, 0.1) is 0 Å². The van der Waals surface area contributed by atoms with Crippen molar-refractivity contribution in [1.29, 1.82) is 0 Å². The van der Waals surface area contributed by atoms with Gasteiger partial charge in [0.15, 0.2) is 5.96 Å². The summed E-state index contributed by atoms with van der Waals surface area (Å²) >= 11 is 0. The summed E-state index contributed by atoms with van der Waals surface area (Å²) in [4.78, 5) is 23.7. The molecule has 0 saturated heterocycles. The predicted molar refractivity (Wildman–Crippen MR) is 112 cm³/mol. The molecule has 2 aromatic rings. The quantitative estimate of drug-likeness (QED) is 0.312. The molecule has 0 bridgehead atoms. The molecule has 0 radical (unpaired) electrons. The number of hydrogen-bond acceptors (Lipinski definition) is 3. The molecule has 0 atom stereocenters. The van der Waals surface area contributed by atoms with Gasteiger partial charge in [-0.15, -0.1) is 24.0 Å². The van der Waals surface area contributed by atoms with Gasteiger partial charge < -0.3 is 20.9 Å². The van der Waals surface area contributed by atoms with Gasteiger partial charge >= 0.3 is 0 Å². The molecular weight excluding hydrogens is 431 g/mol. The molecule has 0 unspecified atom stereocenters. The van der Waals surface area contributed by atoms with E-state index in [1.165, 1.54) is 0 Å². The fourth-order valence-corrected chi connectivity index (χ4v) is 2.27. The molecule has 0 fully saturated rings. The molecule has 1 heterocycles. The third kappa shape index (κ3) is 7.29. The number of guanidine groups is 1. The van der Waals surface area contributed by atoms with E-state index < -0.39 is 0 Å². The number of hydrogen-bond donors (Lipinski definition) is 4. The number of aliphatic imine (C=N–C) groups is 1. The highest BCUT2D eigenvalue weighted by atomic mass is 127. The summed E-state index contributed by atoms with van der Waals surface area (Å²) in [7, 11) is 1.68. The number of para-hydroxylation sites is 2. The van der Waals surface area contributed by atoms with E-state index in [-0.39, 0.29) is 42.0 Å². The van der Waals surface area contributed by atoms with Crippen LogP contribution in [0.3, 0.4) is 0 Å². The van der Waals surface area contributed by atoms with Crippen LogP contribution in [0.2, 0.25) is 0 Å². The number of fused-ring (bicyclic) bond motifs is 1. The summed E-state index contributed by atoms with van der Waals surface area (Å²) in [5, 5.41) is 9.08. The number of carbonyl (C=O) groups is 1. The minimum atomic E-state index is -0.239. The summed E-state index contributed by atoms with van der Waals surface area (Å²) in [6.45, 7) is 6.70. The predicted octanol–water partition coefficient (Wildman–Crippen LogP) is 1.80. The lowest BCUT2D eigenvalue weighted by molar-refractivity contribution is -0.121. The van der Waals surface area contributed by atoms with E-state index in [0.29, 0.717) is 12.5 Å². The Morgan fingerprint density at radius 2 is 1.96 bits per heavy atom. The van der Waals surface area contributed by atoms with Crippen molar-refractivity contribution in [2.75, 3.05) is 20.1 Å². The van der Waals surface area contributed by atoms with Gasteiger partial charge in [0.25, 0.3) is 0 Å². The molecule has 138 valence electrons. The molecule has 8 heteroatoms. The molecule has 0 aliphatic rings. The first-order chi connectivity index (χ1) is 11.4. The van der Waals surface area contributed by atoms with Crippen molar-refractivity contribution in [1.82, 2.24) is 25.9 Å². The van der Waals surface area contributed by atoms with Crippen LogP contribution >= 0.6 is 24.0 Å². The van der Waals surface area contributed by atoms with E-state index in [0.717, 1.165) is 23.3 Å². The zero-order valence-electron chi connectivity index (χ0n) is 15.1. The maximum Gasteiger partial charge on any atom is 0.239 e. The highest BCUT2D eigenvalue weighted by Crippen LogP contribution is 2.10. The lowest BCUT2D eigenvalue weighted by atomic mass is 10.1. The Morgan fingerprint density at radius 3 is 2.60 bits per heavy atom. The van der Waals surface area contributed by atoms with Crippen molar-refractivity contribution in [2.45, 2.75) is 32.7 Å². The molecule has 0 saturated carbocycles. The van der Waals surface area contributed by atoms with E-state index in [4.69, 9.17) is 0 Å². The SMILES string of the molecule is CN=C(NCCc1nc2ccccc2[nH]1)NCC(=O)NC(C)(C)C.I. The number of benzene rings is 1. The first-order valence-electron chi connectivity index (χ1n) is 8.06. The normalized spacial score (nSPS) is 11.8. The summed E-state index contributed by atoms with van der Waals surface area (Å²) in [5.41, 5.74) is 1.76. The molecule has 4 N–H and O–H groups in total. The number of aromatic amines is 1. The van der Waals surface area contributed by atoms with Crippen LogP contribution in [0.5, 0.6) is 0 Å². The topological polar surface area (TPSA) is 94.2 Å². The van der Waals surface area contributed by atoms with Gasteiger partial charge in [0.1, 0.15) is 5.82 Å². The third-order valence-electron chi connectivity index (χ3n) is 3.25. The molecule has 0 aliphatic carbocycles. The van der Waals surface area contributed by atoms with Gasteiger partial charge in [-0.05, 0) is 32.9 Å². The second-order valence-corrected chi connectivity index (χ2v) is 6.60. The Bertz CT molecular complexity index is 686. The van der Waals surface area contributed by atoms with Crippen molar-refractivity contribution in [2.24, 2.45) is 4.99 Å². The Balaban J connectivity index is 0.00000312. The van der Waals surface area contributed by atoms with Gasteiger partial charge in [-0.1, -0.05) is 12.1 Å². The van der Waals surface area contributed by atoms with Crippen LogP contribution in [-0.2, 0) is 11.2 Å². The lowest BCUT2D eigenvalue weighted by Gasteiger charge is -2.21. The average Bonchev–Trinajstić information content (AvgIpc) is 2.91. The molecule has 0 aliphatic heterocycles. The summed E-state index contributed by atoms with van der Waals surface area (Å²) in [6, 6.07) is 7.95. The van der Waals surface area contributed by atoms with Gasteiger partial charge in [0, 0.05) is 25.6 Å². The second kappa shape index (κ2) is 9.59. The molecule has 7 nitrogen and oxygen atoms in total. The van der Waals surface area contributed by atoms with Gasteiger partial charge in [-0.25, -0.2) is 4.98 Å². The Kier molecular flexibility index (Phi) is 8.14. The van der Waals surface area contributed by atoms with Crippen molar-refractivity contribution in [3.8, 4) is 0 Å². The van der Waals surface area contributed by atoms with Crippen molar-refractivity contribution < 1.29 is 4.79 Å². The largest absolute Gasteiger partial charge is 0.356 e. The number of halogens is 1. The Labute approximate surface area is 165 Å². The highest BCUT2D eigenvalue weighted by Gasteiger charge is 2.13. The number of rotatable bonds is 5. The minimum Gasteiger partial charge on any atom is -0.356 e. The first-order valence-corrected chi connectivity index (χ1v) is 8.06. The van der Waals surface area contributed by atoms with Gasteiger partial charge in [-0.3, -0.25) is 9.79 Å². The van der Waals surface area contributed by atoms with Gasteiger partial charge in [0.2, 0.25) is 5.91 Å². The van der Waals surface area contributed by atoms with Crippen LogP contribution < -0.4 is 16.0 Å². The van der Waals surface area contributed by atoms with Gasteiger partial charge in [-0.2, -0.15) is 0 Å². The van der Waals surface area contributed by atoms with Crippen LogP contribution in [0.25, 0.3) is 11.0 Å². The number of carbonyl (C=O) groups excluding carboxylic acids is 1. The van der Waals surface area contributed by atoms with Crippen LogP contribution in [0.1, 0.15) is 26.6 Å². The minimum absolute atomic E-state index is 0. The number of nitrogens with one attached hydrogen (secondary N) is 4.